The number of rotatable bonds is 4. The van der Waals surface area contributed by atoms with E-state index in [9.17, 15) is 44.3 Å². The van der Waals surface area contributed by atoms with Gasteiger partial charge in [-0.1, -0.05) is 0 Å². The maximum absolute atomic E-state index is 13.9. The number of nitrogens with zero attached hydrogens (tertiary/aromatic N) is 1. The summed E-state index contributed by atoms with van der Waals surface area (Å²) in [5, 5.41) is 9.91. The number of hydrogen-bond donors (Lipinski definition) is 1. The SMILES string of the molecule is O=S(=O)(c1cn(-c2ccc(F)c(C(F)F)c2)c2c1[C@@H](O)C(F)(F)CC2)C(F)F. The highest BCUT2D eigenvalue weighted by Gasteiger charge is 2.49. The summed E-state index contributed by atoms with van der Waals surface area (Å²) in [6.45, 7) is 0. The smallest absolute Gasteiger partial charge is 0.341 e. The molecule has 1 heterocycles. The minimum absolute atomic E-state index is 0.249. The summed E-state index contributed by atoms with van der Waals surface area (Å²) in [6.07, 6.45) is -6.82. The number of aliphatic hydroxyl groups excluding tert-OH is 1. The summed E-state index contributed by atoms with van der Waals surface area (Å²) in [5.41, 5.74) is -2.47. The number of sulfone groups is 1. The van der Waals surface area contributed by atoms with Gasteiger partial charge in [-0.05, 0) is 24.6 Å². The van der Waals surface area contributed by atoms with Gasteiger partial charge in [-0.2, -0.15) is 8.78 Å². The molecule has 3 rings (SSSR count). The highest BCUT2D eigenvalue weighted by atomic mass is 32.2. The fourth-order valence-electron chi connectivity index (χ4n) is 3.12. The molecule has 154 valence electrons. The zero-order chi connectivity index (χ0) is 21.0. The Balaban J connectivity index is 2.30. The van der Waals surface area contributed by atoms with Crippen molar-refractivity contribution >= 4 is 9.84 Å². The van der Waals surface area contributed by atoms with Crippen LogP contribution in [0.3, 0.4) is 0 Å². The van der Waals surface area contributed by atoms with Gasteiger partial charge in [0.15, 0.2) is 0 Å². The van der Waals surface area contributed by atoms with Crippen LogP contribution in [0.5, 0.6) is 0 Å². The monoisotopic (exact) mass is 431 g/mol. The van der Waals surface area contributed by atoms with E-state index in [4.69, 9.17) is 0 Å². The lowest BCUT2D eigenvalue weighted by Gasteiger charge is -2.29. The number of fused-ring (bicyclic) bond motifs is 1. The average Bonchev–Trinajstić information content (AvgIpc) is 2.99. The van der Waals surface area contributed by atoms with Crippen LogP contribution in [0, 0.1) is 5.82 Å². The van der Waals surface area contributed by atoms with Gasteiger partial charge in [0.1, 0.15) is 11.9 Å². The lowest BCUT2D eigenvalue weighted by molar-refractivity contribution is -0.123. The molecule has 4 nitrogen and oxygen atoms in total. The van der Waals surface area contributed by atoms with Gasteiger partial charge in [-0.25, -0.2) is 30.4 Å². The summed E-state index contributed by atoms with van der Waals surface area (Å²) < 4.78 is 118. The summed E-state index contributed by atoms with van der Waals surface area (Å²) >= 11 is 0. The fourth-order valence-corrected chi connectivity index (χ4v) is 4.10. The highest BCUT2D eigenvalue weighted by Crippen LogP contribution is 2.46. The normalized spacial score (nSPS) is 19.3. The third-order valence-corrected chi connectivity index (χ3v) is 5.92. The van der Waals surface area contributed by atoms with E-state index in [-0.39, 0.29) is 11.4 Å². The van der Waals surface area contributed by atoms with Gasteiger partial charge in [-0.3, -0.25) is 0 Å². The van der Waals surface area contributed by atoms with E-state index < -0.39 is 68.7 Å². The van der Waals surface area contributed by atoms with Crippen LogP contribution in [0.4, 0.5) is 30.7 Å². The lowest BCUT2D eigenvalue weighted by atomic mass is 9.91. The van der Waals surface area contributed by atoms with Crippen LogP contribution in [0.1, 0.15) is 35.8 Å². The zero-order valence-corrected chi connectivity index (χ0v) is 14.5. The van der Waals surface area contributed by atoms with Crippen molar-refractivity contribution in [3.8, 4) is 5.69 Å². The van der Waals surface area contributed by atoms with Crippen LogP contribution in [0.25, 0.3) is 5.69 Å². The molecule has 0 bridgehead atoms. The second-order valence-electron chi connectivity index (χ2n) is 6.20. The van der Waals surface area contributed by atoms with Crippen LogP contribution in [-0.4, -0.2) is 29.8 Å². The fraction of sp³-hybridized carbons (Fsp3) is 0.375. The number of aromatic nitrogens is 1. The predicted octanol–water partition coefficient (Wildman–Crippen LogP) is 4.17. The van der Waals surface area contributed by atoms with Gasteiger partial charge in [0, 0.05) is 29.6 Å². The van der Waals surface area contributed by atoms with E-state index >= 15 is 0 Å². The van der Waals surface area contributed by atoms with E-state index in [1.807, 2.05) is 0 Å². The minimum Gasteiger partial charge on any atom is -0.382 e. The summed E-state index contributed by atoms with van der Waals surface area (Å²) in [4.78, 5) is -1.23. The molecule has 0 saturated heterocycles. The summed E-state index contributed by atoms with van der Waals surface area (Å²) in [5.74, 6) is -8.99. The molecule has 0 unspecified atom stereocenters. The molecular formula is C16H12F7NO3S. The Morgan fingerprint density at radius 3 is 2.39 bits per heavy atom. The van der Waals surface area contributed by atoms with E-state index in [2.05, 4.69) is 0 Å². The molecule has 0 saturated carbocycles. The topological polar surface area (TPSA) is 59.3 Å². The van der Waals surface area contributed by atoms with E-state index in [0.717, 1.165) is 10.6 Å². The second-order valence-corrected chi connectivity index (χ2v) is 8.09. The number of halogens is 7. The number of alkyl halides is 6. The Morgan fingerprint density at radius 1 is 1.18 bits per heavy atom. The van der Waals surface area contributed by atoms with E-state index in [0.29, 0.717) is 18.3 Å². The third-order valence-electron chi connectivity index (χ3n) is 4.52. The molecule has 12 heteroatoms. The highest BCUT2D eigenvalue weighted by molar-refractivity contribution is 7.91. The standard InChI is InChI=1S/C16H12F7NO3S/c17-9-2-1-7(5-8(9)14(18)19)24-6-11(28(26,27)15(20)21)12-10(24)3-4-16(22,23)13(12)25/h1-2,5-6,13-15,25H,3-4H2/t13-/m1/s1. The Kier molecular flexibility index (Phi) is 4.99. The summed E-state index contributed by atoms with van der Waals surface area (Å²) in [6, 6.07) is 2.26. The molecule has 1 aromatic carbocycles. The molecule has 1 aliphatic carbocycles. The molecule has 2 aromatic rings. The van der Waals surface area contributed by atoms with Crippen molar-refractivity contribution < 1.29 is 44.3 Å². The molecule has 0 aliphatic heterocycles. The molecule has 1 N–H and O–H groups in total. The van der Waals surface area contributed by atoms with Crippen LogP contribution >= 0.6 is 0 Å². The van der Waals surface area contributed by atoms with Crippen LogP contribution in [-0.2, 0) is 16.3 Å². The molecule has 0 fully saturated rings. The maximum Gasteiger partial charge on any atom is 0.341 e. The van der Waals surface area contributed by atoms with Crippen molar-refractivity contribution in [3.05, 3.63) is 47.0 Å². The first kappa shape index (κ1) is 20.6. The first-order chi connectivity index (χ1) is 12.9. The molecule has 0 amide bonds. The molecular weight excluding hydrogens is 419 g/mol. The number of aliphatic hydroxyl groups is 1. The third kappa shape index (κ3) is 3.17. The Hall–Kier alpha value is -2.08. The largest absolute Gasteiger partial charge is 0.382 e. The van der Waals surface area contributed by atoms with E-state index in [1.165, 1.54) is 0 Å². The first-order valence-electron chi connectivity index (χ1n) is 7.78. The average molecular weight is 431 g/mol. The van der Waals surface area contributed by atoms with Crippen molar-refractivity contribution in [1.29, 1.82) is 0 Å². The van der Waals surface area contributed by atoms with Gasteiger partial charge in [0.2, 0.25) is 9.84 Å². The van der Waals surface area contributed by atoms with Gasteiger partial charge in [0.05, 0.1) is 10.5 Å². The van der Waals surface area contributed by atoms with Crippen LogP contribution < -0.4 is 0 Å². The van der Waals surface area contributed by atoms with Gasteiger partial charge >= 0.3 is 5.76 Å². The number of hydrogen-bond acceptors (Lipinski definition) is 3. The second kappa shape index (κ2) is 6.76. The lowest BCUT2D eigenvalue weighted by Crippen LogP contribution is -2.33. The van der Waals surface area contributed by atoms with E-state index in [1.54, 1.807) is 0 Å². The molecule has 0 spiro atoms. The van der Waals surface area contributed by atoms with Crippen LogP contribution in [0.15, 0.2) is 29.3 Å². The molecule has 1 aliphatic rings. The molecule has 28 heavy (non-hydrogen) atoms. The van der Waals surface area contributed by atoms with Crippen molar-refractivity contribution in [2.24, 2.45) is 0 Å². The van der Waals surface area contributed by atoms with Gasteiger partial charge < -0.3 is 9.67 Å². The number of benzene rings is 1. The predicted molar refractivity (Wildman–Crippen MR) is 82.1 cm³/mol. The quantitative estimate of drug-likeness (QED) is 0.740. The van der Waals surface area contributed by atoms with Crippen molar-refractivity contribution in [3.63, 3.8) is 0 Å². The first-order valence-corrected chi connectivity index (χ1v) is 9.32. The van der Waals surface area contributed by atoms with Gasteiger partial charge in [0.25, 0.3) is 12.3 Å². The van der Waals surface area contributed by atoms with Crippen LogP contribution in [0.2, 0.25) is 0 Å². The zero-order valence-electron chi connectivity index (χ0n) is 13.7. The van der Waals surface area contributed by atoms with Crippen molar-refractivity contribution in [2.75, 3.05) is 0 Å². The Bertz CT molecular complexity index is 1020. The maximum atomic E-state index is 13.9. The minimum atomic E-state index is -5.39. The molecule has 1 atom stereocenters. The summed E-state index contributed by atoms with van der Waals surface area (Å²) in [7, 11) is -5.39. The Labute approximate surface area is 154 Å². The molecule has 0 radical (unpaired) electrons. The van der Waals surface area contributed by atoms with Crippen molar-refractivity contribution in [1.82, 2.24) is 4.57 Å². The Morgan fingerprint density at radius 2 is 1.82 bits per heavy atom. The molecule has 1 aromatic heterocycles. The van der Waals surface area contributed by atoms with Crippen molar-refractivity contribution in [2.45, 2.75) is 41.9 Å². The van der Waals surface area contributed by atoms with Gasteiger partial charge in [-0.15, -0.1) is 0 Å².